The van der Waals surface area contributed by atoms with Gasteiger partial charge in [0, 0.05) is 12.6 Å². The highest BCUT2D eigenvalue weighted by molar-refractivity contribution is 5.75. The van der Waals surface area contributed by atoms with Crippen LogP contribution in [-0.4, -0.2) is 62.1 Å². The van der Waals surface area contributed by atoms with Gasteiger partial charge in [0.25, 0.3) is 0 Å². The molecule has 15 heavy (non-hydrogen) atoms. The number of hydrogen-bond acceptors (Lipinski definition) is 4. The molecular formula is C11H22N2O2. The second-order valence-corrected chi connectivity index (χ2v) is 4.50. The number of carbonyl (C=O) groups excluding carboxylic acids is 1. The van der Waals surface area contributed by atoms with Crippen LogP contribution in [0.15, 0.2) is 0 Å². The normalized spacial score (nSPS) is 24.5. The van der Waals surface area contributed by atoms with E-state index in [0.29, 0.717) is 6.04 Å². The lowest BCUT2D eigenvalue weighted by molar-refractivity contribution is -0.146. The first-order chi connectivity index (χ1) is 7.06. The second-order valence-electron chi connectivity index (χ2n) is 4.50. The molecule has 1 aliphatic rings. The van der Waals surface area contributed by atoms with E-state index in [4.69, 9.17) is 4.74 Å². The third kappa shape index (κ3) is 3.18. The maximum atomic E-state index is 11.5. The van der Waals surface area contributed by atoms with Gasteiger partial charge in [-0.1, -0.05) is 0 Å². The van der Waals surface area contributed by atoms with Crippen molar-refractivity contribution in [1.29, 1.82) is 0 Å². The molecule has 1 heterocycles. The van der Waals surface area contributed by atoms with Gasteiger partial charge in [0.2, 0.25) is 0 Å². The first-order valence-electron chi connectivity index (χ1n) is 5.54. The number of carbonyl (C=O) groups is 1. The van der Waals surface area contributed by atoms with Crippen LogP contribution in [0.25, 0.3) is 0 Å². The fourth-order valence-electron chi connectivity index (χ4n) is 2.29. The van der Waals surface area contributed by atoms with E-state index in [1.54, 1.807) is 0 Å². The van der Waals surface area contributed by atoms with Gasteiger partial charge in [0.1, 0.15) is 6.04 Å². The van der Waals surface area contributed by atoms with Gasteiger partial charge in [-0.2, -0.15) is 0 Å². The minimum atomic E-state index is -0.124. The van der Waals surface area contributed by atoms with E-state index in [1.165, 1.54) is 20.0 Å². The summed E-state index contributed by atoms with van der Waals surface area (Å²) in [5.74, 6) is -0.124. The molecule has 1 fully saturated rings. The zero-order chi connectivity index (χ0) is 11.4. The van der Waals surface area contributed by atoms with Gasteiger partial charge in [-0.3, -0.25) is 9.69 Å². The molecule has 0 aromatic carbocycles. The topological polar surface area (TPSA) is 32.8 Å². The second kappa shape index (κ2) is 5.47. The molecule has 4 heteroatoms. The summed E-state index contributed by atoms with van der Waals surface area (Å²) in [5, 5.41) is 0. The molecule has 1 saturated heterocycles. The van der Waals surface area contributed by atoms with Crippen molar-refractivity contribution in [2.75, 3.05) is 34.3 Å². The minimum Gasteiger partial charge on any atom is -0.468 e. The van der Waals surface area contributed by atoms with E-state index in [1.807, 2.05) is 6.92 Å². The molecule has 2 unspecified atom stereocenters. The third-order valence-corrected chi connectivity index (χ3v) is 3.04. The summed E-state index contributed by atoms with van der Waals surface area (Å²) < 4.78 is 4.78. The van der Waals surface area contributed by atoms with Crippen molar-refractivity contribution in [2.45, 2.75) is 31.8 Å². The lowest BCUT2D eigenvalue weighted by Crippen LogP contribution is -2.46. The Labute approximate surface area is 92.2 Å². The van der Waals surface area contributed by atoms with Crippen molar-refractivity contribution in [2.24, 2.45) is 0 Å². The maximum Gasteiger partial charge on any atom is 0.322 e. The lowest BCUT2D eigenvalue weighted by atomic mass is 10.2. The van der Waals surface area contributed by atoms with Crippen LogP contribution < -0.4 is 0 Å². The van der Waals surface area contributed by atoms with E-state index in [2.05, 4.69) is 23.9 Å². The number of likely N-dealkylation sites (N-methyl/N-ethyl adjacent to an activating group) is 1. The largest absolute Gasteiger partial charge is 0.468 e. The van der Waals surface area contributed by atoms with E-state index in [-0.39, 0.29) is 12.0 Å². The van der Waals surface area contributed by atoms with Crippen LogP contribution in [0.4, 0.5) is 0 Å². The van der Waals surface area contributed by atoms with Crippen LogP contribution in [-0.2, 0) is 9.53 Å². The Kier molecular flexibility index (Phi) is 4.54. The molecule has 2 atom stereocenters. The molecule has 0 radical (unpaired) electrons. The van der Waals surface area contributed by atoms with Crippen molar-refractivity contribution >= 4 is 5.97 Å². The quantitative estimate of drug-likeness (QED) is 0.641. The SMILES string of the molecule is COC(=O)C(C)N1CCCC1CN(C)C. The Morgan fingerprint density at radius 1 is 1.60 bits per heavy atom. The van der Waals surface area contributed by atoms with E-state index in [0.717, 1.165) is 13.1 Å². The molecule has 0 aromatic rings. The molecule has 0 aliphatic carbocycles. The molecule has 4 nitrogen and oxygen atoms in total. The zero-order valence-corrected chi connectivity index (χ0v) is 10.2. The van der Waals surface area contributed by atoms with Gasteiger partial charge in [-0.25, -0.2) is 0 Å². The molecule has 1 rings (SSSR count). The summed E-state index contributed by atoms with van der Waals surface area (Å²) >= 11 is 0. The van der Waals surface area contributed by atoms with E-state index >= 15 is 0 Å². The molecule has 88 valence electrons. The summed E-state index contributed by atoms with van der Waals surface area (Å²) in [6.45, 7) is 3.95. The van der Waals surface area contributed by atoms with Crippen molar-refractivity contribution < 1.29 is 9.53 Å². The number of rotatable bonds is 4. The number of hydrogen-bond donors (Lipinski definition) is 0. The van der Waals surface area contributed by atoms with Crippen LogP contribution in [0.3, 0.4) is 0 Å². The Hall–Kier alpha value is -0.610. The predicted molar refractivity (Wildman–Crippen MR) is 59.8 cm³/mol. The molecule has 0 aromatic heterocycles. The van der Waals surface area contributed by atoms with Gasteiger partial charge < -0.3 is 9.64 Å². The predicted octanol–water partition coefficient (Wildman–Crippen LogP) is 0.574. The van der Waals surface area contributed by atoms with Crippen LogP contribution in [0.5, 0.6) is 0 Å². The Balaban J connectivity index is 2.55. The molecular weight excluding hydrogens is 192 g/mol. The molecule has 0 saturated carbocycles. The van der Waals surface area contributed by atoms with Crippen molar-refractivity contribution in [1.82, 2.24) is 9.80 Å². The first-order valence-corrected chi connectivity index (χ1v) is 5.54. The number of methoxy groups -OCH3 is 1. The standard InChI is InChI=1S/C11H22N2O2/c1-9(11(14)15-4)13-7-5-6-10(13)8-12(2)3/h9-10H,5-8H2,1-4H3. The van der Waals surface area contributed by atoms with Gasteiger partial charge in [-0.05, 0) is 40.4 Å². The molecule has 0 spiro atoms. The fourth-order valence-corrected chi connectivity index (χ4v) is 2.29. The Morgan fingerprint density at radius 3 is 2.80 bits per heavy atom. The van der Waals surface area contributed by atoms with Gasteiger partial charge >= 0.3 is 5.97 Å². The number of nitrogens with zero attached hydrogens (tertiary/aromatic N) is 2. The fraction of sp³-hybridized carbons (Fsp3) is 0.909. The van der Waals surface area contributed by atoms with Crippen LogP contribution in [0, 0.1) is 0 Å². The van der Waals surface area contributed by atoms with Crippen LogP contribution in [0.1, 0.15) is 19.8 Å². The van der Waals surface area contributed by atoms with Crippen molar-refractivity contribution in [3.8, 4) is 0 Å². The highest BCUT2D eigenvalue weighted by Crippen LogP contribution is 2.20. The van der Waals surface area contributed by atoms with Crippen LogP contribution >= 0.6 is 0 Å². The Morgan fingerprint density at radius 2 is 2.27 bits per heavy atom. The molecule has 0 amide bonds. The van der Waals surface area contributed by atoms with Crippen molar-refractivity contribution in [3.05, 3.63) is 0 Å². The molecule has 1 aliphatic heterocycles. The smallest absolute Gasteiger partial charge is 0.322 e. The van der Waals surface area contributed by atoms with E-state index in [9.17, 15) is 4.79 Å². The summed E-state index contributed by atoms with van der Waals surface area (Å²) in [6, 6.07) is 0.386. The highest BCUT2D eigenvalue weighted by atomic mass is 16.5. The van der Waals surface area contributed by atoms with Gasteiger partial charge in [0.15, 0.2) is 0 Å². The average Bonchev–Trinajstić information content (AvgIpc) is 2.62. The molecule has 0 bridgehead atoms. The number of esters is 1. The Bertz CT molecular complexity index is 219. The summed E-state index contributed by atoms with van der Waals surface area (Å²) in [7, 11) is 5.59. The van der Waals surface area contributed by atoms with Gasteiger partial charge in [0.05, 0.1) is 7.11 Å². The number of likely N-dealkylation sites (tertiary alicyclic amines) is 1. The number of ether oxygens (including phenoxy) is 1. The van der Waals surface area contributed by atoms with Gasteiger partial charge in [-0.15, -0.1) is 0 Å². The summed E-state index contributed by atoms with van der Waals surface area (Å²) in [6.07, 6.45) is 2.36. The average molecular weight is 214 g/mol. The maximum absolute atomic E-state index is 11.5. The van der Waals surface area contributed by atoms with E-state index < -0.39 is 0 Å². The third-order valence-electron chi connectivity index (χ3n) is 3.04. The van der Waals surface area contributed by atoms with Crippen molar-refractivity contribution in [3.63, 3.8) is 0 Å². The lowest BCUT2D eigenvalue weighted by Gasteiger charge is -2.30. The first kappa shape index (κ1) is 12.5. The highest BCUT2D eigenvalue weighted by Gasteiger charge is 2.32. The summed E-state index contributed by atoms with van der Waals surface area (Å²) in [4.78, 5) is 15.9. The minimum absolute atomic E-state index is 0.109. The van der Waals surface area contributed by atoms with Crippen LogP contribution in [0.2, 0.25) is 0 Å². The zero-order valence-electron chi connectivity index (χ0n) is 10.2. The summed E-state index contributed by atoms with van der Waals surface area (Å²) in [5.41, 5.74) is 0. The monoisotopic (exact) mass is 214 g/mol. The molecule has 0 N–H and O–H groups in total.